The predicted molar refractivity (Wildman–Crippen MR) is 50.3 cm³/mol. The molecular weight excluding hydrogens is 186 g/mol. The zero-order valence-corrected chi connectivity index (χ0v) is 7.47. The van der Waals surface area contributed by atoms with Crippen LogP contribution in [0.15, 0.2) is 24.0 Å². The quantitative estimate of drug-likeness (QED) is 0.685. The van der Waals surface area contributed by atoms with Crippen LogP contribution in [0.4, 0.5) is 0 Å². The van der Waals surface area contributed by atoms with Gasteiger partial charge in [-0.2, -0.15) is 5.26 Å². The molecule has 0 bridgehead atoms. The van der Waals surface area contributed by atoms with E-state index in [9.17, 15) is 5.11 Å². The number of rotatable bonds is 0. The van der Waals surface area contributed by atoms with Crippen LogP contribution >= 0.6 is 11.6 Å². The molecule has 1 aliphatic rings. The normalized spacial score (nSPS) is 14.2. The highest BCUT2D eigenvalue weighted by molar-refractivity contribution is 6.30. The molecule has 0 spiro atoms. The van der Waals surface area contributed by atoms with Crippen molar-refractivity contribution in [3.8, 4) is 6.07 Å². The first-order valence-corrected chi connectivity index (χ1v) is 4.21. The van der Waals surface area contributed by atoms with E-state index in [1.807, 2.05) is 12.1 Å². The Bertz CT molecular complexity index is 443. The van der Waals surface area contributed by atoms with Gasteiger partial charge in [-0.25, -0.2) is 0 Å². The molecule has 13 heavy (non-hydrogen) atoms. The Morgan fingerprint density at radius 2 is 2.23 bits per heavy atom. The smallest absolute Gasteiger partial charge is 0.115 e. The summed E-state index contributed by atoms with van der Waals surface area (Å²) in [7, 11) is 0. The molecule has 0 fully saturated rings. The summed E-state index contributed by atoms with van der Waals surface area (Å²) >= 11 is 5.78. The number of nitriles is 1. The summed E-state index contributed by atoms with van der Waals surface area (Å²) < 4.78 is 0. The maximum absolute atomic E-state index is 9.42. The molecule has 1 aliphatic carbocycles. The molecule has 0 radical (unpaired) electrons. The van der Waals surface area contributed by atoms with Gasteiger partial charge in [0, 0.05) is 17.0 Å². The number of benzene rings is 1. The van der Waals surface area contributed by atoms with E-state index < -0.39 is 0 Å². The van der Waals surface area contributed by atoms with Crippen molar-refractivity contribution in [2.24, 2.45) is 0 Å². The first-order valence-electron chi connectivity index (χ1n) is 3.83. The Kier molecular flexibility index (Phi) is 1.75. The van der Waals surface area contributed by atoms with Crippen molar-refractivity contribution in [1.82, 2.24) is 0 Å². The summed E-state index contributed by atoms with van der Waals surface area (Å²) in [5.74, 6) is 0.139. The summed E-state index contributed by atoms with van der Waals surface area (Å²) in [5.41, 5.74) is 2.06. The van der Waals surface area contributed by atoms with Crippen LogP contribution in [0.2, 0.25) is 5.02 Å². The molecule has 2 rings (SSSR count). The molecule has 3 heteroatoms. The van der Waals surface area contributed by atoms with E-state index in [0.717, 1.165) is 11.1 Å². The molecule has 2 nitrogen and oxygen atoms in total. The molecule has 1 aromatic rings. The molecular formula is C10H6ClNO. The minimum Gasteiger partial charge on any atom is -0.511 e. The fourth-order valence-electron chi connectivity index (χ4n) is 1.48. The summed E-state index contributed by atoms with van der Waals surface area (Å²) in [5, 5.41) is 18.8. The highest BCUT2D eigenvalue weighted by Gasteiger charge is 2.20. The summed E-state index contributed by atoms with van der Waals surface area (Å²) in [6, 6.07) is 7.26. The molecule has 0 atom stereocenters. The zero-order valence-electron chi connectivity index (χ0n) is 6.71. The Hall–Kier alpha value is -1.46. The van der Waals surface area contributed by atoms with E-state index in [4.69, 9.17) is 16.9 Å². The number of halogens is 1. The van der Waals surface area contributed by atoms with Gasteiger partial charge in [0.15, 0.2) is 0 Å². The van der Waals surface area contributed by atoms with Crippen LogP contribution in [0, 0.1) is 11.3 Å². The first kappa shape index (κ1) is 8.15. The third kappa shape index (κ3) is 1.18. The highest BCUT2D eigenvalue weighted by Crippen LogP contribution is 2.32. The van der Waals surface area contributed by atoms with Gasteiger partial charge in [-0.15, -0.1) is 0 Å². The topological polar surface area (TPSA) is 44.0 Å². The fourth-order valence-corrected chi connectivity index (χ4v) is 1.66. The molecule has 64 valence electrons. The fraction of sp³-hybridized carbons (Fsp3) is 0.100. The number of allylic oxidation sites excluding steroid dienone is 2. The van der Waals surface area contributed by atoms with Gasteiger partial charge >= 0.3 is 0 Å². The second-order valence-corrected chi connectivity index (χ2v) is 3.35. The number of hydrogen-bond donors (Lipinski definition) is 1. The lowest BCUT2D eigenvalue weighted by atomic mass is 10.1. The highest BCUT2D eigenvalue weighted by atomic mass is 35.5. The second kappa shape index (κ2) is 2.79. The lowest BCUT2D eigenvalue weighted by molar-refractivity contribution is 0.406. The second-order valence-electron chi connectivity index (χ2n) is 2.91. The molecule has 0 aromatic heterocycles. The summed E-state index contributed by atoms with van der Waals surface area (Å²) in [6.45, 7) is 0. The van der Waals surface area contributed by atoms with Gasteiger partial charge in [0.25, 0.3) is 0 Å². The van der Waals surface area contributed by atoms with Gasteiger partial charge in [-0.1, -0.05) is 17.7 Å². The average molecular weight is 192 g/mol. The van der Waals surface area contributed by atoms with Gasteiger partial charge in [-0.3, -0.25) is 0 Å². The average Bonchev–Trinajstić information content (AvgIpc) is 2.40. The number of aliphatic hydroxyl groups excluding tert-OH is 1. The lowest BCUT2D eigenvalue weighted by Crippen LogP contribution is -1.82. The molecule has 0 saturated carbocycles. The number of aliphatic hydroxyl groups is 1. The molecule has 0 unspecified atom stereocenters. The van der Waals surface area contributed by atoms with E-state index in [2.05, 4.69) is 0 Å². The van der Waals surface area contributed by atoms with Crippen molar-refractivity contribution in [1.29, 1.82) is 5.26 Å². The van der Waals surface area contributed by atoms with Crippen molar-refractivity contribution in [2.45, 2.75) is 6.42 Å². The van der Waals surface area contributed by atoms with Crippen LogP contribution in [0.3, 0.4) is 0 Å². The number of nitrogens with zero attached hydrogens (tertiary/aromatic N) is 1. The Balaban J connectivity index is 2.64. The number of fused-ring (bicyclic) bond motifs is 1. The largest absolute Gasteiger partial charge is 0.511 e. The van der Waals surface area contributed by atoms with Gasteiger partial charge in [-0.05, 0) is 17.7 Å². The van der Waals surface area contributed by atoms with Gasteiger partial charge in [0.05, 0.1) is 5.57 Å². The monoisotopic (exact) mass is 191 g/mol. The third-order valence-electron chi connectivity index (χ3n) is 2.10. The molecule has 1 aromatic carbocycles. The van der Waals surface area contributed by atoms with E-state index >= 15 is 0 Å². The Labute approximate surface area is 80.7 Å². The molecule has 0 amide bonds. The summed E-state index contributed by atoms with van der Waals surface area (Å²) in [4.78, 5) is 0. The van der Waals surface area contributed by atoms with Crippen molar-refractivity contribution < 1.29 is 5.11 Å². The van der Waals surface area contributed by atoms with Crippen molar-refractivity contribution in [3.63, 3.8) is 0 Å². The van der Waals surface area contributed by atoms with Crippen LogP contribution in [0.25, 0.3) is 5.57 Å². The van der Waals surface area contributed by atoms with E-state index in [-0.39, 0.29) is 5.76 Å². The van der Waals surface area contributed by atoms with Crippen LogP contribution in [0.5, 0.6) is 0 Å². The van der Waals surface area contributed by atoms with Crippen molar-refractivity contribution >= 4 is 17.2 Å². The van der Waals surface area contributed by atoms with Crippen LogP contribution < -0.4 is 0 Å². The van der Waals surface area contributed by atoms with Crippen molar-refractivity contribution in [2.75, 3.05) is 0 Å². The maximum atomic E-state index is 9.42. The maximum Gasteiger partial charge on any atom is 0.115 e. The van der Waals surface area contributed by atoms with Crippen molar-refractivity contribution in [3.05, 3.63) is 40.1 Å². The molecule has 0 saturated heterocycles. The standard InChI is InChI=1S/C10H6ClNO/c11-7-2-1-6-3-10(13)9(5-12)8(6)4-7/h1-2,4,13H,3H2. The van der Waals surface area contributed by atoms with E-state index in [1.165, 1.54) is 0 Å². The zero-order chi connectivity index (χ0) is 9.42. The van der Waals surface area contributed by atoms with E-state index in [1.54, 1.807) is 12.1 Å². The van der Waals surface area contributed by atoms with Crippen LogP contribution in [-0.4, -0.2) is 5.11 Å². The van der Waals surface area contributed by atoms with Crippen LogP contribution in [-0.2, 0) is 6.42 Å². The predicted octanol–water partition coefficient (Wildman–Crippen LogP) is 2.69. The lowest BCUT2D eigenvalue weighted by Gasteiger charge is -1.98. The molecule has 1 N–H and O–H groups in total. The SMILES string of the molecule is N#CC1=C(O)Cc2ccc(Cl)cc21. The summed E-state index contributed by atoms with van der Waals surface area (Å²) in [6.07, 6.45) is 0.440. The Morgan fingerprint density at radius 3 is 2.92 bits per heavy atom. The minimum atomic E-state index is 0.139. The molecule has 0 heterocycles. The first-order chi connectivity index (χ1) is 6.22. The Morgan fingerprint density at radius 1 is 1.46 bits per heavy atom. The number of hydrogen-bond acceptors (Lipinski definition) is 2. The van der Waals surface area contributed by atoms with Crippen LogP contribution in [0.1, 0.15) is 11.1 Å². The molecule has 0 aliphatic heterocycles. The van der Waals surface area contributed by atoms with Gasteiger partial charge in [0.2, 0.25) is 0 Å². The third-order valence-corrected chi connectivity index (χ3v) is 2.33. The van der Waals surface area contributed by atoms with Gasteiger partial charge in [0.1, 0.15) is 11.8 Å². The van der Waals surface area contributed by atoms with Gasteiger partial charge < -0.3 is 5.11 Å². The van der Waals surface area contributed by atoms with E-state index in [0.29, 0.717) is 17.0 Å². The minimum absolute atomic E-state index is 0.139.